The van der Waals surface area contributed by atoms with Crippen LogP contribution in [0, 0.1) is 24.5 Å². The lowest BCUT2D eigenvalue weighted by atomic mass is 9.99. The molecule has 2 aliphatic rings. The van der Waals surface area contributed by atoms with Crippen LogP contribution in [0.5, 0.6) is 0 Å². The zero-order chi connectivity index (χ0) is 27.0. The molecule has 0 unspecified atom stereocenters. The van der Waals surface area contributed by atoms with E-state index >= 15 is 0 Å². The Kier molecular flexibility index (Phi) is 7.40. The summed E-state index contributed by atoms with van der Waals surface area (Å²) >= 11 is 1.16. The highest BCUT2D eigenvalue weighted by molar-refractivity contribution is 7.98. The molecule has 0 saturated heterocycles. The molecule has 3 aromatic rings. The van der Waals surface area contributed by atoms with Gasteiger partial charge in [0.1, 0.15) is 23.3 Å². The van der Waals surface area contributed by atoms with E-state index in [0.29, 0.717) is 37.2 Å². The quantitative estimate of drug-likeness (QED) is 0.164. The number of rotatable bonds is 8. The van der Waals surface area contributed by atoms with Crippen molar-refractivity contribution < 1.29 is 13.5 Å². The number of halogens is 2. The maximum absolute atomic E-state index is 14.9. The fourth-order valence-electron chi connectivity index (χ4n) is 4.43. The highest BCUT2D eigenvalue weighted by Crippen LogP contribution is 2.44. The van der Waals surface area contributed by atoms with Crippen LogP contribution in [0.4, 0.5) is 20.3 Å². The van der Waals surface area contributed by atoms with Gasteiger partial charge in [-0.1, -0.05) is 6.58 Å². The minimum Gasteiger partial charge on any atom is -0.373 e. The first-order chi connectivity index (χ1) is 18.2. The standard InChI is InChI=1S/C27H31F2N7OS/c1-15-10-25(33-32-15)31-27(30-17(3)35(4)23-12-21(29)24(38-5)13-20(23)28)26(18-6-7-18)16(2)22-11-19-14-37-9-8-36(19)34-22/h10-13,18H,2,6-9,14H2,1,3-5H3,(H2,31,32,33)/b27-26-,30-17+. The molecule has 5 rings (SSSR count). The molecule has 11 heteroatoms. The van der Waals surface area contributed by atoms with E-state index in [0.717, 1.165) is 52.8 Å². The average Bonchev–Trinajstić information content (AvgIpc) is 3.49. The number of aliphatic imine (C=N–C) groups is 1. The summed E-state index contributed by atoms with van der Waals surface area (Å²) < 4.78 is 37.0. The van der Waals surface area contributed by atoms with Gasteiger partial charge in [0, 0.05) is 40.9 Å². The van der Waals surface area contributed by atoms with Crippen molar-refractivity contribution in [2.75, 3.05) is 30.1 Å². The van der Waals surface area contributed by atoms with E-state index in [2.05, 4.69) is 22.1 Å². The number of H-pyrrole nitrogens is 1. The monoisotopic (exact) mass is 539 g/mol. The van der Waals surface area contributed by atoms with Gasteiger partial charge in [-0.3, -0.25) is 9.78 Å². The fraction of sp³-hybridized carbons (Fsp3) is 0.370. The van der Waals surface area contributed by atoms with Gasteiger partial charge in [-0.05, 0) is 51.0 Å². The van der Waals surface area contributed by atoms with E-state index in [9.17, 15) is 8.78 Å². The third kappa shape index (κ3) is 5.39. The Hall–Kier alpha value is -3.44. The lowest BCUT2D eigenvalue weighted by Crippen LogP contribution is -2.25. The molecule has 0 spiro atoms. The number of hydrogen-bond donors (Lipinski definition) is 2. The fourth-order valence-corrected chi connectivity index (χ4v) is 4.91. The molecule has 0 bridgehead atoms. The Balaban J connectivity index is 1.57. The van der Waals surface area contributed by atoms with Crippen molar-refractivity contribution in [3.05, 3.63) is 71.0 Å². The second kappa shape index (κ2) is 10.7. The zero-order valence-electron chi connectivity index (χ0n) is 21.9. The number of amidine groups is 1. The number of fused-ring (bicyclic) bond motifs is 1. The van der Waals surface area contributed by atoms with Gasteiger partial charge < -0.3 is 15.0 Å². The molecule has 2 N–H and O–H groups in total. The number of allylic oxidation sites excluding steroid dienone is 2. The number of nitrogens with one attached hydrogen (secondary N) is 2. The molecule has 0 amide bonds. The van der Waals surface area contributed by atoms with Crippen LogP contribution in [0.2, 0.25) is 0 Å². The summed E-state index contributed by atoms with van der Waals surface area (Å²) in [5.74, 6) is 0.871. The second-order valence-corrected chi connectivity index (χ2v) is 10.4. The normalized spacial score (nSPS) is 16.2. The van der Waals surface area contributed by atoms with Gasteiger partial charge in [0.05, 0.1) is 36.8 Å². The predicted octanol–water partition coefficient (Wildman–Crippen LogP) is 5.75. The van der Waals surface area contributed by atoms with Crippen LogP contribution >= 0.6 is 11.8 Å². The van der Waals surface area contributed by atoms with E-state index in [4.69, 9.17) is 14.8 Å². The maximum Gasteiger partial charge on any atom is 0.153 e. The van der Waals surface area contributed by atoms with Crippen LogP contribution in [0.25, 0.3) is 5.57 Å². The molecule has 0 radical (unpaired) electrons. The van der Waals surface area contributed by atoms with Crippen molar-refractivity contribution in [1.82, 2.24) is 20.0 Å². The van der Waals surface area contributed by atoms with Crippen molar-refractivity contribution in [2.24, 2.45) is 10.9 Å². The summed E-state index contributed by atoms with van der Waals surface area (Å²) in [5, 5.41) is 15.4. The summed E-state index contributed by atoms with van der Waals surface area (Å²) in [5.41, 5.74) is 4.47. The summed E-state index contributed by atoms with van der Waals surface area (Å²) in [6.07, 6.45) is 3.70. The van der Waals surface area contributed by atoms with Gasteiger partial charge in [-0.25, -0.2) is 13.8 Å². The summed E-state index contributed by atoms with van der Waals surface area (Å²) in [6.45, 7) is 9.93. The smallest absolute Gasteiger partial charge is 0.153 e. The number of ether oxygens (including phenoxy) is 1. The molecular weight excluding hydrogens is 508 g/mol. The SMILES string of the molecule is C=C(/C(=C(\N=C(/C)N(C)c1cc(F)c(SC)cc1F)Nc1cc(C)[nH]n1)C1CC1)c1cc2n(n1)CCOC2. The lowest BCUT2D eigenvalue weighted by molar-refractivity contribution is 0.0800. The summed E-state index contributed by atoms with van der Waals surface area (Å²) in [7, 11) is 1.67. The van der Waals surface area contributed by atoms with Crippen molar-refractivity contribution >= 4 is 34.7 Å². The number of aromatic nitrogens is 4. The Labute approximate surface area is 224 Å². The number of aryl methyl sites for hydroxylation is 1. The van der Waals surface area contributed by atoms with E-state index in [1.807, 2.05) is 23.7 Å². The molecule has 0 atom stereocenters. The van der Waals surface area contributed by atoms with Crippen molar-refractivity contribution in [2.45, 2.75) is 44.7 Å². The molecule has 1 fully saturated rings. The molecule has 1 aromatic carbocycles. The molecule has 200 valence electrons. The molecule has 3 heterocycles. The van der Waals surface area contributed by atoms with Crippen LogP contribution in [-0.2, 0) is 17.9 Å². The van der Waals surface area contributed by atoms with E-state index in [1.165, 1.54) is 12.1 Å². The molecule has 2 aromatic heterocycles. The molecule has 38 heavy (non-hydrogen) atoms. The van der Waals surface area contributed by atoms with Gasteiger partial charge >= 0.3 is 0 Å². The summed E-state index contributed by atoms with van der Waals surface area (Å²) in [4.78, 5) is 6.70. The van der Waals surface area contributed by atoms with Gasteiger partial charge in [0.25, 0.3) is 0 Å². The van der Waals surface area contributed by atoms with E-state index in [1.54, 1.807) is 25.1 Å². The van der Waals surface area contributed by atoms with Gasteiger partial charge in [0.15, 0.2) is 5.82 Å². The topological polar surface area (TPSA) is 83.4 Å². The number of nitrogens with zero attached hydrogens (tertiary/aromatic N) is 5. The first-order valence-corrected chi connectivity index (χ1v) is 13.7. The third-order valence-corrected chi connectivity index (χ3v) is 7.48. The molecule has 8 nitrogen and oxygen atoms in total. The van der Waals surface area contributed by atoms with Crippen LogP contribution in [0.15, 0.2) is 52.1 Å². The number of thioether (sulfide) groups is 1. The minimum atomic E-state index is -0.521. The third-order valence-electron chi connectivity index (χ3n) is 6.73. The van der Waals surface area contributed by atoms with Crippen molar-refractivity contribution in [1.29, 1.82) is 0 Å². The zero-order valence-corrected chi connectivity index (χ0v) is 22.8. The molecular formula is C27H31F2N7OS. The Bertz CT molecular complexity index is 1410. The van der Waals surface area contributed by atoms with Gasteiger partial charge in [0.2, 0.25) is 0 Å². The Morgan fingerprint density at radius 2 is 2.05 bits per heavy atom. The molecule has 1 aliphatic heterocycles. The molecule has 1 aliphatic carbocycles. The van der Waals surface area contributed by atoms with E-state index in [-0.39, 0.29) is 16.5 Å². The van der Waals surface area contributed by atoms with Crippen molar-refractivity contribution in [3.8, 4) is 0 Å². The largest absolute Gasteiger partial charge is 0.373 e. The second-order valence-electron chi connectivity index (χ2n) is 9.53. The first-order valence-electron chi connectivity index (χ1n) is 12.4. The van der Waals surface area contributed by atoms with Crippen molar-refractivity contribution in [3.63, 3.8) is 0 Å². The van der Waals surface area contributed by atoms with E-state index < -0.39 is 11.6 Å². The van der Waals surface area contributed by atoms with Crippen LogP contribution in [-0.4, -0.2) is 45.7 Å². The number of aromatic amines is 1. The first kappa shape index (κ1) is 26.2. The summed E-state index contributed by atoms with van der Waals surface area (Å²) in [6, 6.07) is 6.30. The number of hydrogen-bond acceptors (Lipinski definition) is 6. The van der Waals surface area contributed by atoms with Crippen LogP contribution in [0.3, 0.4) is 0 Å². The van der Waals surface area contributed by atoms with Crippen LogP contribution < -0.4 is 10.2 Å². The number of anilines is 2. The highest BCUT2D eigenvalue weighted by Gasteiger charge is 2.33. The lowest BCUT2D eigenvalue weighted by Gasteiger charge is -2.22. The number of benzene rings is 1. The highest BCUT2D eigenvalue weighted by atomic mass is 32.2. The maximum atomic E-state index is 14.9. The average molecular weight is 540 g/mol. The Morgan fingerprint density at radius 1 is 1.26 bits per heavy atom. The van der Waals surface area contributed by atoms with Crippen LogP contribution in [0.1, 0.15) is 36.8 Å². The van der Waals surface area contributed by atoms with Gasteiger partial charge in [-0.2, -0.15) is 10.2 Å². The van der Waals surface area contributed by atoms with Gasteiger partial charge in [-0.15, -0.1) is 11.8 Å². The minimum absolute atomic E-state index is 0.102. The molecule has 1 saturated carbocycles. The predicted molar refractivity (Wildman–Crippen MR) is 147 cm³/mol. The Morgan fingerprint density at radius 3 is 2.71 bits per heavy atom.